The Hall–Kier alpha value is -1.69. The van der Waals surface area contributed by atoms with E-state index in [2.05, 4.69) is 36.5 Å². The van der Waals surface area contributed by atoms with Crippen LogP contribution in [0.15, 0.2) is 22.9 Å². The predicted molar refractivity (Wildman–Crippen MR) is 85.2 cm³/mol. The summed E-state index contributed by atoms with van der Waals surface area (Å²) in [7, 11) is 0. The van der Waals surface area contributed by atoms with Crippen molar-refractivity contribution in [3.8, 4) is 0 Å². The van der Waals surface area contributed by atoms with E-state index in [-0.39, 0.29) is 11.8 Å². The van der Waals surface area contributed by atoms with Gasteiger partial charge in [0, 0.05) is 39.6 Å². The van der Waals surface area contributed by atoms with Crippen molar-refractivity contribution in [2.24, 2.45) is 5.92 Å². The van der Waals surface area contributed by atoms with Crippen LogP contribution < -0.4 is 10.6 Å². The van der Waals surface area contributed by atoms with E-state index in [1.54, 1.807) is 12.4 Å². The molecule has 2 aliphatic rings. The smallest absolute Gasteiger partial charge is 0.228 e. The van der Waals surface area contributed by atoms with Gasteiger partial charge in [-0.25, -0.2) is 9.97 Å². The Morgan fingerprint density at radius 1 is 1.14 bits per heavy atom. The lowest BCUT2D eigenvalue weighted by molar-refractivity contribution is -0.117. The van der Waals surface area contributed by atoms with Gasteiger partial charge >= 0.3 is 0 Å². The van der Waals surface area contributed by atoms with Gasteiger partial charge in [0.2, 0.25) is 5.91 Å². The van der Waals surface area contributed by atoms with Crippen LogP contribution in [0.2, 0.25) is 0 Å². The SMILES string of the molecule is O=C(Nc1cc2c(Br)cnc(NC3CC3)c2cn1)C1CC1. The van der Waals surface area contributed by atoms with Crippen molar-refractivity contribution in [2.45, 2.75) is 31.7 Å². The molecule has 2 fully saturated rings. The van der Waals surface area contributed by atoms with Crippen molar-refractivity contribution in [3.63, 3.8) is 0 Å². The van der Waals surface area contributed by atoms with Gasteiger partial charge in [0.25, 0.3) is 0 Å². The largest absolute Gasteiger partial charge is 0.367 e. The lowest BCUT2D eigenvalue weighted by Gasteiger charge is -2.10. The molecular weight excluding hydrogens is 332 g/mol. The highest BCUT2D eigenvalue weighted by Crippen LogP contribution is 2.33. The maximum Gasteiger partial charge on any atom is 0.228 e. The molecule has 2 N–H and O–H groups in total. The number of hydrogen-bond donors (Lipinski definition) is 2. The second kappa shape index (κ2) is 4.94. The number of pyridine rings is 2. The van der Waals surface area contributed by atoms with Crippen molar-refractivity contribution in [3.05, 3.63) is 22.9 Å². The number of rotatable bonds is 4. The fraction of sp³-hybridized carbons (Fsp3) is 0.400. The maximum absolute atomic E-state index is 11.8. The number of hydrogen-bond acceptors (Lipinski definition) is 4. The zero-order valence-electron chi connectivity index (χ0n) is 11.4. The van der Waals surface area contributed by atoms with E-state index >= 15 is 0 Å². The minimum atomic E-state index is 0.0726. The van der Waals surface area contributed by atoms with Gasteiger partial charge in [-0.15, -0.1) is 0 Å². The van der Waals surface area contributed by atoms with Crippen LogP contribution in [0.4, 0.5) is 11.6 Å². The highest BCUT2D eigenvalue weighted by molar-refractivity contribution is 9.10. The standard InChI is InChI=1S/C15H15BrN4O/c16-12-7-18-14(19-9-3-4-9)11-6-17-13(5-10(11)12)20-15(21)8-1-2-8/h5-9H,1-4H2,(H,18,19)(H,17,20,21). The highest BCUT2D eigenvalue weighted by Gasteiger charge is 2.30. The summed E-state index contributed by atoms with van der Waals surface area (Å²) in [4.78, 5) is 20.6. The number of nitrogens with one attached hydrogen (secondary N) is 2. The maximum atomic E-state index is 11.8. The summed E-state index contributed by atoms with van der Waals surface area (Å²) in [5.74, 6) is 1.71. The van der Waals surface area contributed by atoms with E-state index in [0.717, 1.165) is 33.9 Å². The van der Waals surface area contributed by atoms with E-state index in [0.29, 0.717) is 11.9 Å². The zero-order chi connectivity index (χ0) is 14.4. The molecule has 0 atom stereocenters. The summed E-state index contributed by atoms with van der Waals surface area (Å²) in [6.07, 6.45) is 7.94. The van der Waals surface area contributed by atoms with E-state index in [4.69, 9.17) is 0 Å². The molecule has 0 bridgehead atoms. The first-order chi connectivity index (χ1) is 10.2. The van der Waals surface area contributed by atoms with Gasteiger partial charge in [0.1, 0.15) is 11.6 Å². The third-order valence-corrected chi connectivity index (χ3v) is 4.47. The van der Waals surface area contributed by atoms with Crippen LogP contribution in [0.25, 0.3) is 10.8 Å². The number of nitrogens with zero attached hydrogens (tertiary/aromatic N) is 2. The molecular formula is C15H15BrN4O. The summed E-state index contributed by atoms with van der Waals surface area (Å²) in [6.45, 7) is 0. The average Bonchev–Trinajstić information content (AvgIpc) is 3.36. The van der Waals surface area contributed by atoms with Crippen molar-refractivity contribution in [1.29, 1.82) is 0 Å². The first-order valence-electron chi connectivity index (χ1n) is 7.22. The normalized spacial score (nSPS) is 17.8. The molecule has 6 heteroatoms. The molecule has 4 rings (SSSR count). The minimum Gasteiger partial charge on any atom is -0.367 e. The summed E-state index contributed by atoms with van der Waals surface area (Å²) in [5.41, 5.74) is 0. The first-order valence-corrected chi connectivity index (χ1v) is 8.01. The van der Waals surface area contributed by atoms with Crippen LogP contribution in [0.3, 0.4) is 0 Å². The molecule has 2 aromatic heterocycles. The fourth-order valence-electron chi connectivity index (χ4n) is 2.28. The van der Waals surface area contributed by atoms with Gasteiger partial charge < -0.3 is 10.6 Å². The topological polar surface area (TPSA) is 66.9 Å². The molecule has 1 amide bonds. The van der Waals surface area contributed by atoms with Crippen LogP contribution in [-0.4, -0.2) is 21.9 Å². The number of aromatic nitrogens is 2. The van der Waals surface area contributed by atoms with E-state index in [1.807, 2.05) is 6.07 Å². The summed E-state index contributed by atoms with van der Waals surface area (Å²) >= 11 is 3.52. The lowest BCUT2D eigenvalue weighted by atomic mass is 10.2. The molecule has 108 valence electrons. The summed E-state index contributed by atoms with van der Waals surface area (Å²) in [6, 6.07) is 2.44. The van der Waals surface area contributed by atoms with E-state index in [1.165, 1.54) is 12.8 Å². The Balaban J connectivity index is 1.68. The first kappa shape index (κ1) is 13.0. The quantitative estimate of drug-likeness (QED) is 0.891. The molecule has 0 spiro atoms. The minimum absolute atomic E-state index is 0.0726. The Morgan fingerprint density at radius 2 is 1.95 bits per heavy atom. The number of carbonyl (C=O) groups is 1. The number of carbonyl (C=O) groups excluding carboxylic acids is 1. The van der Waals surface area contributed by atoms with Crippen LogP contribution in [-0.2, 0) is 4.79 Å². The van der Waals surface area contributed by atoms with Gasteiger partial charge in [0.15, 0.2) is 0 Å². The van der Waals surface area contributed by atoms with Crippen molar-refractivity contribution in [1.82, 2.24) is 9.97 Å². The lowest BCUT2D eigenvalue weighted by Crippen LogP contribution is -2.14. The second-order valence-electron chi connectivity index (χ2n) is 5.75. The third kappa shape index (κ3) is 2.72. The molecule has 0 aliphatic heterocycles. The van der Waals surface area contributed by atoms with Gasteiger partial charge in [-0.05, 0) is 47.7 Å². The Labute approximate surface area is 130 Å². The van der Waals surface area contributed by atoms with E-state index in [9.17, 15) is 4.79 Å². The number of halogens is 1. The van der Waals surface area contributed by atoms with Gasteiger partial charge in [0.05, 0.1) is 0 Å². The molecule has 2 heterocycles. The fourth-order valence-corrected chi connectivity index (χ4v) is 2.71. The number of anilines is 2. The van der Waals surface area contributed by atoms with Crippen LogP contribution >= 0.6 is 15.9 Å². The molecule has 0 aromatic carbocycles. The molecule has 0 saturated heterocycles. The van der Waals surface area contributed by atoms with Crippen molar-refractivity contribution in [2.75, 3.05) is 10.6 Å². The Morgan fingerprint density at radius 3 is 2.67 bits per heavy atom. The van der Waals surface area contributed by atoms with Crippen LogP contribution in [0.5, 0.6) is 0 Å². The highest BCUT2D eigenvalue weighted by atomic mass is 79.9. The summed E-state index contributed by atoms with van der Waals surface area (Å²) < 4.78 is 0.906. The molecule has 5 nitrogen and oxygen atoms in total. The molecule has 0 radical (unpaired) electrons. The predicted octanol–water partition coefficient (Wildman–Crippen LogP) is 3.32. The van der Waals surface area contributed by atoms with Crippen molar-refractivity contribution < 1.29 is 4.79 Å². The van der Waals surface area contributed by atoms with Crippen LogP contribution in [0, 0.1) is 5.92 Å². The van der Waals surface area contributed by atoms with Crippen molar-refractivity contribution >= 4 is 44.2 Å². The van der Waals surface area contributed by atoms with Gasteiger partial charge in [-0.1, -0.05) is 0 Å². The van der Waals surface area contributed by atoms with Crippen LogP contribution in [0.1, 0.15) is 25.7 Å². The van der Waals surface area contributed by atoms with Gasteiger partial charge in [-0.2, -0.15) is 0 Å². The Kier molecular flexibility index (Phi) is 3.06. The second-order valence-corrected chi connectivity index (χ2v) is 6.61. The molecule has 2 aromatic rings. The average molecular weight is 347 g/mol. The monoisotopic (exact) mass is 346 g/mol. The van der Waals surface area contributed by atoms with E-state index < -0.39 is 0 Å². The molecule has 2 saturated carbocycles. The summed E-state index contributed by atoms with van der Waals surface area (Å²) in [5, 5.41) is 8.28. The van der Waals surface area contributed by atoms with Gasteiger partial charge in [-0.3, -0.25) is 4.79 Å². The molecule has 0 unspecified atom stereocenters. The molecule has 2 aliphatic carbocycles. The number of amides is 1. The molecule has 21 heavy (non-hydrogen) atoms. The number of fused-ring (bicyclic) bond motifs is 1. The third-order valence-electron chi connectivity index (χ3n) is 3.84. The Bertz CT molecular complexity index is 725. The zero-order valence-corrected chi connectivity index (χ0v) is 13.0.